The van der Waals surface area contributed by atoms with Gasteiger partial charge >= 0.3 is 0 Å². The monoisotopic (exact) mass is 367 g/mol. The van der Waals surface area contributed by atoms with Gasteiger partial charge in [0.25, 0.3) is 0 Å². The molecule has 4 rings (SSSR count). The average Bonchev–Trinajstić information content (AvgIpc) is 3.31. The highest BCUT2D eigenvalue weighted by atomic mass is 32.2. The van der Waals surface area contributed by atoms with Crippen LogP contribution in [0, 0.1) is 5.92 Å². The predicted octanol–water partition coefficient (Wildman–Crippen LogP) is 1.87. The summed E-state index contributed by atoms with van der Waals surface area (Å²) >= 11 is 1.58. The van der Waals surface area contributed by atoms with Crippen LogP contribution in [0.1, 0.15) is 11.5 Å². The summed E-state index contributed by atoms with van der Waals surface area (Å²) in [6.07, 6.45) is 0. The van der Waals surface area contributed by atoms with Crippen LogP contribution in [-0.2, 0) is 10.0 Å². The van der Waals surface area contributed by atoms with Gasteiger partial charge in [0.05, 0.1) is 4.90 Å². The van der Waals surface area contributed by atoms with Crippen molar-refractivity contribution in [3.8, 4) is 11.5 Å². The summed E-state index contributed by atoms with van der Waals surface area (Å²) in [5, 5.41) is 13.7. The number of ether oxygens (including phenoxy) is 2. The van der Waals surface area contributed by atoms with Crippen LogP contribution in [-0.4, -0.2) is 44.3 Å². The van der Waals surface area contributed by atoms with Crippen molar-refractivity contribution in [2.45, 2.75) is 10.8 Å². The number of nitrogens with zero attached hydrogens (tertiary/aromatic N) is 1. The molecule has 0 unspecified atom stereocenters. The predicted molar refractivity (Wildman–Crippen MR) is 89.0 cm³/mol. The van der Waals surface area contributed by atoms with Crippen LogP contribution in [0.4, 0.5) is 0 Å². The highest BCUT2D eigenvalue weighted by molar-refractivity contribution is 7.89. The van der Waals surface area contributed by atoms with E-state index < -0.39 is 10.0 Å². The van der Waals surface area contributed by atoms with E-state index in [2.05, 4.69) is 0 Å². The molecule has 2 atom stereocenters. The second-order valence-corrected chi connectivity index (χ2v) is 8.66. The molecule has 1 fully saturated rings. The first-order valence-electron chi connectivity index (χ1n) is 7.62. The summed E-state index contributed by atoms with van der Waals surface area (Å²) in [5.74, 6) is 0.927. The number of rotatable bonds is 4. The number of aliphatic hydroxyl groups is 1. The van der Waals surface area contributed by atoms with E-state index >= 15 is 0 Å². The smallest absolute Gasteiger partial charge is 0.243 e. The molecule has 0 bridgehead atoms. The molecule has 0 saturated carbocycles. The molecule has 24 heavy (non-hydrogen) atoms. The molecule has 1 N–H and O–H groups in total. The highest BCUT2D eigenvalue weighted by Crippen LogP contribution is 2.38. The first-order valence-corrected chi connectivity index (χ1v) is 10.0. The standard InChI is InChI=1S/C16H17NO5S2/c18-8-12-6-17(7-14(12)11-3-4-23-9-11)24(19,20)13-1-2-15-16(5-13)22-10-21-15/h1-5,9,12,14,18H,6-8,10H2/t12-,14-/m1/s1. The van der Waals surface area contributed by atoms with Gasteiger partial charge in [-0.3, -0.25) is 0 Å². The van der Waals surface area contributed by atoms with Crippen molar-refractivity contribution in [2.24, 2.45) is 5.92 Å². The first-order chi connectivity index (χ1) is 11.6. The molecule has 6 nitrogen and oxygen atoms in total. The molecule has 2 aliphatic rings. The third-order valence-corrected chi connectivity index (χ3v) is 7.12. The molecule has 0 aliphatic carbocycles. The number of thiophene rings is 1. The Bertz CT molecular complexity index is 834. The Morgan fingerprint density at radius 1 is 1.21 bits per heavy atom. The highest BCUT2D eigenvalue weighted by Gasteiger charge is 2.40. The van der Waals surface area contributed by atoms with E-state index in [0.717, 1.165) is 5.56 Å². The largest absolute Gasteiger partial charge is 0.454 e. The summed E-state index contributed by atoms with van der Waals surface area (Å²) in [4.78, 5) is 0.189. The molecule has 8 heteroatoms. The van der Waals surface area contributed by atoms with Gasteiger partial charge in [-0.15, -0.1) is 0 Å². The van der Waals surface area contributed by atoms with Crippen LogP contribution in [0.25, 0.3) is 0 Å². The van der Waals surface area contributed by atoms with Crippen molar-refractivity contribution in [3.63, 3.8) is 0 Å². The second kappa shape index (κ2) is 6.03. The lowest BCUT2D eigenvalue weighted by Gasteiger charge is -2.16. The fourth-order valence-corrected chi connectivity index (χ4v) is 5.53. The number of sulfonamides is 1. The zero-order valence-corrected chi connectivity index (χ0v) is 14.4. The van der Waals surface area contributed by atoms with E-state index in [0.29, 0.717) is 24.6 Å². The molecular weight excluding hydrogens is 350 g/mol. The molecule has 1 saturated heterocycles. The molecular formula is C16H17NO5S2. The third kappa shape index (κ3) is 2.59. The Labute approximate surface area is 144 Å². The molecule has 0 radical (unpaired) electrons. The van der Waals surface area contributed by atoms with Crippen LogP contribution < -0.4 is 9.47 Å². The Hall–Kier alpha value is -1.61. The van der Waals surface area contributed by atoms with E-state index in [1.165, 1.54) is 16.4 Å². The second-order valence-electron chi connectivity index (χ2n) is 5.94. The fourth-order valence-electron chi connectivity index (χ4n) is 3.26. The molecule has 3 heterocycles. The van der Waals surface area contributed by atoms with Crippen molar-refractivity contribution in [1.29, 1.82) is 0 Å². The Balaban J connectivity index is 1.63. The summed E-state index contributed by atoms with van der Waals surface area (Å²) in [6, 6.07) is 6.65. The summed E-state index contributed by atoms with van der Waals surface area (Å²) in [6.45, 7) is 0.759. The normalized spacial score (nSPS) is 23.7. The van der Waals surface area contributed by atoms with Crippen LogP contribution in [0.3, 0.4) is 0 Å². The van der Waals surface area contributed by atoms with E-state index in [4.69, 9.17) is 9.47 Å². The average molecular weight is 367 g/mol. The van der Waals surface area contributed by atoms with Crippen LogP contribution >= 0.6 is 11.3 Å². The zero-order valence-electron chi connectivity index (χ0n) is 12.8. The molecule has 0 spiro atoms. The maximum absolute atomic E-state index is 13.0. The van der Waals surface area contributed by atoms with Crippen molar-refractivity contribution >= 4 is 21.4 Å². The van der Waals surface area contributed by atoms with Gasteiger partial charge in [-0.05, 0) is 34.5 Å². The maximum atomic E-state index is 13.0. The zero-order chi connectivity index (χ0) is 16.7. The summed E-state index contributed by atoms with van der Waals surface area (Å²) in [7, 11) is -3.64. The van der Waals surface area contributed by atoms with Crippen molar-refractivity contribution in [1.82, 2.24) is 4.31 Å². The van der Waals surface area contributed by atoms with Gasteiger partial charge in [-0.25, -0.2) is 8.42 Å². The molecule has 1 aromatic carbocycles. The molecule has 2 aromatic rings. The maximum Gasteiger partial charge on any atom is 0.243 e. The van der Waals surface area contributed by atoms with Gasteiger partial charge in [0.15, 0.2) is 11.5 Å². The van der Waals surface area contributed by atoms with Gasteiger partial charge in [0.2, 0.25) is 16.8 Å². The van der Waals surface area contributed by atoms with Crippen LogP contribution in [0.5, 0.6) is 11.5 Å². The molecule has 128 valence electrons. The van der Waals surface area contributed by atoms with E-state index in [-0.39, 0.29) is 30.1 Å². The van der Waals surface area contributed by atoms with Crippen molar-refractivity contribution in [2.75, 3.05) is 26.5 Å². The Morgan fingerprint density at radius 2 is 2.04 bits per heavy atom. The minimum Gasteiger partial charge on any atom is -0.454 e. The quantitative estimate of drug-likeness (QED) is 0.893. The fraction of sp³-hybridized carbons (Fsp3) is 0.375. The SMILES string of the molecule is O=S(=O)(c1ccc2c(c1)OCO2)N1C[C@H](CO)[C@@H](c2ccsc2)C1. The lowest BCUT2D eigenvalue weighted by Crippen LogP contribution is -2.29. The number of aliphatic hydroxyl groups excluding tert-OH is 1. The Kier molecular flexibility index (Phi) is 4.00. The molecule has 2 aliphatic heterocycles. The number of hydrogen-bond acceptors (Lipinski definition) is 6. The van der Waals surface area contributed by atoms with Gasteiger partial charge in [-0.2, -0.15) is 15.6 Å². The topological polar surface area (TPSA) is 76.1 Å². The van der Waals surface area contributed by atoms with Gasteiger partial charge in [0, 0.05) is 37.6 Å². The minimum absolute atomic E-state index is 0.0186. The first kappa shape index (κ1) is 15.9. The van der Waals surface area contributed by atoms with Gasteiger partial charge < -0.3 is 14.6 Å². The number of hydrogen-bond donors (Lipinski definition) is 1. The summed E-state index contributed by atoms with van der Waals surface area (Å²) in [5.41, 5.74) is 1.09. The van der Waals surface area contributed by atoms with Gasteiger partial charge in [-0.1, -0.05) is 0 Å². The van der Waals surface area contributed by atoms with Crippen LogP contribution in [0.15, 0.2) is 39.9 Å². The number of fused-ring (bicyclic) bond motifs is 1. The summed E-state index contributed by atoms with van der Waals surface area (Å²) < 4.78 is 37.9. The number of benzene rings is 1. The molecule has 1 aromatic heterocycles. The van der Waals surface area contributed by atoms with Crippen molar-refractivity contribution in [3.05, 3.63) is 40.6 Å². The lowest BCUT2D eigenvalue weighted by atomic mass is 9.92. The lowest BCUT2D eigenvalue weighted by molar-refractivity contribution is 0.174. The molecule has 0 amide bonds. The van der Waals surface area contributed by atoms with E-state index in [1.807, 2.05) is 16.8 Å². The Morgan fingerprint density at radius 3 is 2.79 bits per heavy atom. The minimum atomic E-state index is -3.64. The van der Waals surface area contributed by atoms with Crippen molar-refractivity contribution < 1.29 is 23.0 Å². The van der Waals surface area contributed by atoms with E-state index in [9.17, 15) is 13.5 Å². The van der Waals surface area contributed by atoms with Gasteiger partial charge in [0.1, 0.15) is 0 Å². The van der Waals surface area contributed by atoms with E-state index in [1.54, 1.807) is 17.4 Å². The third-order valence-electron chi connectivity index (χ3n) is 4.60. The van der Waals surface area contributed by atoms with Crippen LogP contribution in [0.2, 0.25) is 0 Å².